The van der Waals surface area contributed by atoms with E-state index in [1.807, 2.05) is 12.1 Å². The Labute approximate surface area is 136 Å². The van der Waals surface area contributed by atoms with E-state index in [1.54, 1.807) is 12.1 Å². The smallest absolute Gasteiger partial charge is 0.337 e. The van der Waals surface area contributed by atoms with Gasteiger partial charge in [-0.2, -0.15) is 0 Å². The van der Waals surface area contributed by atoms with Crippen molar-refractivity contribution in [1.82, 2.24) is 4.90 Å². The lowest BCUT2D eigenvalue weighted by Gasteiger charge is -2.26. The molecule has 0 N–H and O–H groups in total. The SMILES string of the molecule is COC(=O)c1ccc(-c2ccc(CN3CCOCC3)cc2)cc1. The standard InChI is InChI=1S/C19H21NO3/c1-22-19(21)18-8-6-17(7-9-18)16-4-2-15(3-5-16)14-20-10-12-23-13-11-20/h2-9H,10-14H2,1H3. The Morgan fingerprint density at radius 1 is 1.00 bits per heavy atom. The van der Waals surface area contributed by atoms with Crippen LogP contribution in [0.15, 0.2) is 48.5 Å². The third-order valence-corrected chi connectivity index (χ3v) is 4.10. The predicted molar refractivity (Wildman–Crippen MR) is 89.3 cm³/mol. The summed E-state index contributed by atoms with van der Waals surface area (Å²) in [6.07, 6.45) is 0. The van der Waals surface area contributed by atoms with Crippen LogP contribution < -0.4 is 0 Å². The molecule has 0 aliphatic carbocycles. The van der Waals surface area contributed by atoms with Gasteiger partial charge in [0.2, 0.25) is 0 Å². The Kier molecular flexibility index (Phi) is 5.05. The lowest BCUT2D eigenvalue weighted by molar-refractivity contribution is 0.0342. The van der Waals surface area contributed by atoms with Crippen molar-refractivity contribution in [2.75, 3.05) is 33.4 Å². The number of hydrogen-bond acceptors (Lipinski definition) is 4. The zero-order chi connectivity index (χ0) is 16.1. The summed E-state index contributed by atoms with van der Waals surface area (Å²) in [5, 5.41) is 0. The zero-order valence-corrected chi connectivity index (χ0v) is 13.3. The quantitative estimate of drug-likeness (QED) is 0.814. The molecule has 0 amide bonds. The lowest BCUT2D eigenvalue weighted by atomic mass is 10.0. The molecule has 0 spiro atoms. The predicted octanol–water partition coefficient (Wildman–Crippen LogP) is 2.97. The molecule has 0 aromatic heterocycles. The van der Waals surface area contributed by atoms with Crippen molar-refractivity contribution in [3.63, 3.8) is 0 Å². The fraction of sp³-hybridized carbons (Fsp3) is 0.316. The molecular formula is C19H21NO3. The largest absolute Gasteiger partial charge is 0.465 e. The van der Waals surface area contributed by atoms with Gasteiger partial charge in [0.1, 0.15) is 0 Å². The average molecular weight is 311 g/mol. The van der Waals surface area contributed by atoms with E-state index in [9.17, 15) is 4.79 Å². The second kappa shape index (κ2) is 7.40. The van der Waals surface area contributed by atoms with Gasteiger partial charge >= 0.3 is 5.97 Å². The van der Waals surface area contributed by atoms with Gasteiger partial charge in [0.15, 0.2) is 0 Å². The molecular weight excluding hydrogens is 290 g/mol. The zero-order valence-electron chi connectivity index (χ0n) is 13.3. The van der Waals surface area contributed by atoms with Crippen molar-refractivity contribution in [2.45, 2.75) is 6.54 Å². The first-order chi connectivity index (χ1) is 11.3. The van der Waals surface area contributed by atoms with Gasteiger partial charge in [-0.15, -0.1) is 0 Å². The van der Waals surface area contributed by atoms with E-state index in [-0.39, 0.29) is 5.97 Å². The van der Waals surface area contributed by atoms with Crippen LogP contribution in [0.3, 0.4) is 0 Å². The van der Waals surface area contributed by atoms with E-state index in [0.29, 0.717) is 5.56 Å². The fourth-order valence-electron chi connectivity index (χ4n) is 2.74. The molecule has 3 rings (SSSR count). The summed E-state index contributed by atoms with van der Waals surface area (Å²) in [6, 6.07) is 16.1. The average Bonchev–Trinajstić information content (AvgIpc) is 2.63. The summed E-state index contributed by atoms with van der Waals surface area (Å²) >= 11 is 0. The molecule has 1 fully saturated rings. The van der Waals surface area contributed by atoms with Crippen molar-refractivity contribution >= 4 is 5.97 Å². The number of benzene rings is 2. The van der Waals surface area contributed by atoms with Crippen LogP contribution in [0, 0.1) is 0 Å². The van der Waals surface area contributed by atoms with Gasteiger partial charge in [-0.05, 0) is 28.8 Å². The molecule has 4 nitrogen and oxygen atoms in total. The van der Waals surface area contributed by atoms with Crippen LogP contribution >= 0.6 is 0 Å². The van der Waals surface area contributed by atoms with Crippen molar-refractivity contribution in [1.29, 1.82) is 0 Å². The summed E-state index contributed by atoms with van der Waals surface area (Å²) in [6.45, 7) is 4.60. The number of esters is 1. The topological polar surface area (TPSA) is 38.8 Å². The van der Waals surface area contributed by atoms with E-state index in [1.165, 1.54) is 12.7 Å². The van der Waals surface area contributed by atoms with Crippen LogP contribution in [0.25, 0.3) is 11.1 Å². The molecule has 1 aliphatic rings. The first kappa shape index (κ1) is 15.7. The van der Waals surface area contributed by atoms with E-state index < -0.39 is 0 Å². The number of rotatable bonds is 4. The van der Waals surface area contributed by atoms with Crippen LogP contribution in [0.5, 0.6) is 0 Å². The number of carbonyl (C=O) groups excluding carboxylic acids is 1. The van der Waals surface area contributed by atoms with Crippen molar-refractivity contribution in [3.8, 4) is 11.1 Å². The number of nitrogens with zero attached hydrogens (tertiary/aromatic N) is 1. The third kappa shape index (κ3) is 3.97. The molecule has 0 bridgehead atoms. The van der Waals surface area contributed by atoms with Gasteiger partial charge < -0.3 is 9.47 Å². The summed E-state index contributed by atoms with van der Waals surface area (Å²) in [5.74, 6) is -0.308. The van der Waals surface area contributed by atoms with Crippen LogP contribution in [0.1, 0.15) is 15.9 Å². The molecule has 0 radical (unpaired) electrons. The Morgan fingerprint density at radius 2 is 1.57 bits per heavy atom. The van der Waals surface area contributed by atoms with E-state index in [4.69, 9.17) is 9.47 Å². The maximum Gasteiger partial charge on any atom is 0.337 e. The Balaban J connectivity index is 1.67. The van der Waals surface area contributed by atoms with Crippen LogP contribution in [0.4, 0.5) is 0 Å². The summed E-state index contributed by atoms with van der Waals surface area (Å²) in [5.41, 5.74) is 4.12. The normalized spacial score (nSPS) is 15.3. The van der Waals surface area contributed by atoms with Crippen LogP contribution in [-0.4, -0.2) is 44.3 Å². The van der Waals surface area contributed by atoms with E-state index >= 15 is 0 Å². The Bertz CT molecular complexity index is 643. The molecule has 2 aromatic rings. The Hall–Kier alpha value is -2.17. The molecule has 1 heterocycles. The van der Waals surface area contributed by atoms with E-state index in [0.717, 1.165) is 44.0 Å². The molecule has 23 heavy (non-hydrogen) atoms. The van der Waals surface area contributed by atoms with E-state index in [2.05, 4.69) is 29.2 Å². The summed E-state index contributed by atoms with van der Waals surface area (Å²) in [4.78, 5) is 13.9. The first-order valence-electron chi connectivity index (χ1n) is 7.84. The van der Waals surface area contributed by atoms with Crippen molar-refractivity contribution in [2.24, 2.45) is 0 Å². The first-order valence-corrected chi connectivity index (χ1v) is 7.84. The van der Waals surface area contributed by atoms with Gasteiger partial charge in [0.25, 0.3) is 0 Å². The van der Waals surface area contributed by atoms with Gasteiger partial charge in [0, 0.05) is 19.6 Å². The van der Waals surface area contributed by atoms with Gasteiger partial charge in [0.05, 0.1) is 25.9 Å². The van der Waals surface area contributed by atoms with Crippen LogP contribution in [-0.2, 0) is 16.0 Å². The summed E-state index contributed by atoms with van der Waals surface area (Å²) in [7, 11) is 1.39. The van der Waals surface area contributed by atoms with Crippen molar-refractivity contribution in [3.05, 3.63) is 59.7 Å². The molecule has 120 valence electrons. The highest BCUT2D eigenvalue weighted by Gasteiger charge is 2.10. The minimum atomic E-state index is -0.308. The van der Waals surface area contributed by atoms with Gasteiger partial charge in [-0.3, -0.25) is 4.90 Å². The second-order valence-corrected chi connectivity index (χ2v) is 5.65. The molecule has 1 aliphatic heterocycles. The molecule has 0 saturated carbocycles. The van der Waals surface area contributed by atoms with Crippen molar-refractivity contribution < 1.29 is 14.3 Å². The molecule has 2 aromatic carbocycles. The molecule has 0 atom stereocenters. The maximum absolute atomic E-state index is 11.5. The monoisotopic (exact) mass is 311 g/mol. The van der Waals surface area contributed by atoms with Gasteiger partial charge in [-0.25, -0.2) is 4.79 Å². The highest BCUT2D eigenvalue weighted by molar-refractivity contribution is 5.89. The molecule has 1 saturated heterocycles. The lowest BCUT2D eigenvalue weighted by Crippen LogP contribution is -2.35. The number of ether oxygens (including phenoxy) is 2. The second-order valence-electron chi connectivity index (χ2n) is 5.65. The molecule has 0 unspecified atom stereocenters. The number of methoxy groups -OCH3 is 1. The minimum absolute atomic E-state index is 0.308. The van der Waals surface area contributed by atoms with Gasteiger partial charge in [-0.1, -0.05) is 36.4 Å². The number of hydrogen-bond donors (Lipinski definition) is 0. The molecule has 4 heteroatoms. The highest BCUT2D eigenvalue weighted by atomic mass is 16.5. The Morgan fingerprint density at radius 3 is 2.13 bits per heavy atom. The highest BCUT2D eigenvalue weighted by Crippen LogP contribution is 2.21. The summed E-state index contributed by atoms with van der Waals surface area (Å²) < 4.78 is 10.1. The fourth-order valence-corrected chi connectivity index (χ4v) is 2.74. The number of carbonyl (C=O) groups is 1. The maximum atomic E-state index is 11.5. The third-order valence-electron chi connectivity index (χ3n) is 4.10. The van der Waals surface area contributed by atoms with Crippen LogP contribution in [0.2, 0.25) is 0 Å². The minimum Gasteiger partial charge on any atom is -0.465 e. The number of morpholine rings is 1.